The van der Waals surface area contributed by atoms with Crippen molar-refractivity contribution in [2.45, 2.75) is 26.4 Å². The number of amides is 1. The summed E-state index contributed by atoms with van der Waals surface area (Å²) < 4.78 is 0. The zero-order chi connectivity index (χ0) is 23.3. The van der Waals surface area contributed by atoms with E-state index < -0.39 is 0 Å². The summed E-state index contributed by atoms with van der Waals surface area (Å²) in [7, 11) is 0. The SMILES string of the molecule is CC#CC#CC#CC#CC#CC#CC#CC#CC1N(CCC)CCN1CCNC(=O)CS. The van der Waals surface area contributed by atoms with Crippen molar-refractivity contribution in [1.29, 1.82) is 0 Å². The van der Waals surface area contributed by atoms with E-state index in [-0.39, 0.29) is 17.8 Å². The molecule has 1 heterocycles. The van der Waals surface area contributed by atoms with Crippen molar-refractivity contribution < 1.29 is 4.79 Å². The molecular formula is C27H23N3OS. The van der Waals surface area contributed by atoms with Gasteiger partial charge >= 0.3 is 0 Å². The maximum Gasteiger partial charge on any atom is 0.229 e. The molecule has 1 fully saturated rings. The van der Waals surface area contributed by atoms with Crippen LogP contribution in [0, 0.1) is 94.7 Å². The first-order valence-corrected chi connectivity index (χ1v) is 10.6. The van der Waals surface area contributed by atoms with E-state index >= 15 is 0 Å². The number of rotatable bonds is 6. The Balaban J connectivity index is 2.62. The summed E-state index contributed by atoms with van der Waals surface area (Å²) in [6.07, 6.45) is 1.04. The lowest BCUT2D eigenvalue weighted by molar-refractivity contribution is -0.118. The van der Waals surface area contributed by atoms with Crippen molar-refractivity contribution in [3.63, 3.8) is 0 Å². The first-order chi connectivity index (χ1) is 15.7. The highest BCUT2D eigenvalue weighted by atomic mass is 32.1. The lowest BCUT2D eigenvalue weighted by Gasteiger charge is -2.25. The second-order valence-electron chi connectivity index (χ2n) is 6.10. The largest absolute Gasteiger partial charge is 0.354 e. The molecule has 158 valence electrons. The van der Waals surface area contributed by atoms with Crippen molar-refractivity contribution >= 4 is 18.5 Å². The monoisotopic (exact) mass is 437 g/mol. The Morgan fingerprint density at radius 1 is 0.812 bits per heavy atom. The van der Waals surface area contributed by atoms with Gasteiger partial charge in [-0.3, -0.25) is 14.6 Å². The molecule has 1 aliphatic rings. The maximum atomic E-state index is 11.4. The molecule has 1 amide bonds. The quantitative estimate of drug-likeness (QED) is 0.468. The molecule has 32 heavy (non-hydrogen) atoms. The highest BCUT2D eigenvalue weighted by molar-refractivity contribution is 7.81. The van der Waals surface area contributed by atoms with E-state index in [4.69, 9.17) is 0 Å². The Morgan fingerprint density at radius 2 is 1.28 bits per heavy atom. The van der Waals surface area contributed by atoms with Gasteiger partial charge in [-0.2, -0.15) is 12.6 Å². The average Bonchev–Trinajstić information content (AvgIpc) is 3.17. The van der Waals surface area contributed by atoms with Crippen molar-refractivity contribution in [1.82, 2.24) is 15.1 Å². The van der Waals surface area contributed by atoms with Gasteiger partial charge in [0.15, 0.2) is 0 Å². The number of carbonyl (C=O) groups is 1. The minimum absolute atomic E-state index is 0.0139. The van der Waals surface area contributed by atoms with Crippen LogP contribution in [0.2, 0.25) is 0 Å². The van der Waals surface area contributed by atoms with E-state index in [9.17, 15) is 4.79 Å². The summed E-state index contributed by atoms with van der Waals surface area (Å²) in [5, 5.41) is 2.84. The topological polar surface area (TPSA) is 35.6 Å². The molecule has 5 heteroatoms. The molecule has 1 unspecified atom stereocenters. The van der Waals surface area contributed by atoms with Crippen molar-refractivity contribution in [3.8, 4) is 94.7 Å². The summed E-state index contributed by atoms with van der Waals surface area (Å²) in [6, 6.07) is 0. The smallest absolute Gasteiger partial charge is 0.229 e. The van der Waals surface area contributed by atoms with E-state index in [1.54, 1.807) is 6.92 Å². The van der Waals surface area contributed by atoms with Crippen LogP contribution in [-0.4, -0.2) is 60.3 Å². The third-order valence-corrected chi connectivity index (χ3v) is 4.17. The van der Waals surface area contributed by atoms with E-state index in [0.29, 0.717) is 6.54 Å². The summed E-state index contributed by atoms with van der Waals surface area (Å²) in [5.74, 6) is 42.5. The summed E-state index contributed by atoms with van der Waals surface area (Å²) in [5.41, 5.74) is 0. The molecule has 0 saturated carbocycles. The third-order valence-electron chi connectivity index (χ3n) is 3.88. The van der Waals surface area contributed by atoms with Gasteiger partial charge in [-0.25, -0.2) is 0 Å². The van der Waals surface area contributed by atoms with Crippen LogP contribution < -0.4 is 5.32 Å². The number of thiol groups is 1. The molecule has 1 N–H and O–H groups in total. The Kier molecular flexibility index (Phi) is 14.8. The molecule has 1 atom stereocenters. The number of nitrogens with zero attached hydrogens (tertiary/aromatic N) is 2. The van der Waals surface area contributed by atoms with Gasteiger partial charge in [-0.15, -0.1) is 0 Å². The summed E-state index contributed by atoms with van der Waals surface area (Å²) in [4.78, 5) is 15.9. The van der Waals surface area contributed by atoms with Crippen LogP contribution in [0.25, 0.3) is 0 Å². The number of hydrogen-bond acceptors (Lipinski definition) is 4. The van der Waals surface area contributed by atoms with Gasteiger partial charge < -0.3 is 5.32 Å². The van der Waals surface area contributed by atoms with Gasteiger partial charge in [0, 0.05) is 32.7 Å². The predicted octanol–water partition coefficient (Wildman–Crippen LogP) is 0.433. The van der Waals surface area contributed by atoms with Crippen LogP contribution in [0.5, 0.6) is 0 Å². The van der Waals surface area contributed by atoms with Crippen LogP contribution in [0.1, 0.15) is 20.3 Å². The lowest BCUT2D eigenvalue weighted by Crippen LogP contribution is -2.42. The van der Waals surface area contributed by atoms with Gasteiger partial charge in [-0.1, -0.05) is 18.8 Å². The van der Waals surface area contributed by atoms with Crippen LogP contribution in [0.3, 0.4) is 0 Å². The van der Waals surface area contributed by atoms with Crippen molar-refractivity contribution in [2.24, 2.45) is 0 Å². The first-order valence-electron chi connectivity index (χ1n) is 10.0. The molecule has 0 aromatic heterocycles. The molecule has 1 aliphatic heterocycles. The average molecular weight is 438 g/mol. The van der Waals surface area contributed by atoms with E-state index in [1.807, 2.05) is 0 Å². The fourth-order valence-electron chi connectivity index (χ4n) is 2.60. The molecule has 1 saturated heterocycles. The normalized spacial score (nSPS) is 13.3. The Hall–Kier alpha value is -3.78. The molecule has 0 bridgehead atoms. The van der Waals surface area contributed by atoms with Gasteiger partial charge in [0.05, 0.1) is 5.75 Å². The summed E-state index contributed by atoms with van der Waals surface area (Å²) >= 11 is 3.97. The summed E-state index contributed by atoms with van der Waals surface area (Å²) in [6.45, 7) is 7.97. The van der Waals surface area contributed by atoms with Crippen LogP contribution >= 0.6 is 12.6 Å². The second kappa shape index (κ2) is 18.0. The van der Waals surface area contributed by atoms with Crippen LogP contribution in [-0.2, 0) is 4.79 Å². The Labute approximate surface area is 198 Å². The van der Waals surface area contributed by atoms with E-state index in [2.05, 4.69) is 129 Å². The zero-order valence-corrected chi connectivity index (χ0v) is 19.2. The van der Waals surface area contributed by atoms with Crippen molar-refractivity contribution in [3.05, 3.63) is 0 Å². The van der Waals surface area contributed by atoms with Gasteiger partial charge in [0.1, 0.15) is 6.17 Å². The first kappa shape index (κ1) is 26.3. The predicted molar refractivity (Wildman–Crippen MR) is 132 cm³/mol. The van der Waals surface area contributed by atoms with E-state index in [1.165, 1.54) is 0 Å². The fourth-order valence-corrected chi connectivity index (χ4v) is 2.72. The maximum absolute atomic E-state index is 11.4. The van der Waals surface area contributed by atoms with Crippen LogP contribution in [0.15, 0.2) is 0 Å². The molecule has 0 aliphatic carbocycles. The van der Waals surface area contributed by atoms with E-state index in [0.717, 1.165) is 32.6 Å². The molecule has 0 radical (unpaired) electrons. The standard InChI is InChI=1S/C27H23N3OS/c1-3-5-6-7-8-9-10-11-12-13-14-15-16-17-18-19-27-29(21-4-2)23-24-30(27)22-20-28-26(31)25-32/h27,32H,4,20-25H2,1-2H3,(H,28,31). The lowest BCUT2D eigenvalue weighted by atomic mass is 10.3. The van der Waals surface area contributed by atoms with Crippen LogP contribution in [0.4, 0.5) is 0 Å². The minimum atomic E-state index is -0.0703. The Morgan fingerprint density at radius 3 is 1.75 bits per heavy atom. The number of nitrogens with one attached hydrogen (secondary N) is 1. The Bertz CT molecular complexity index is 1160. The molecule has 0 aromatic carbocycles. The molecule has 0 aromatic rings. The zero-order valence-electron chi connectivity index (χ0n) is 18.3. The molecule has 1 rings (SSSR count). The third kappa shape index (κ3) is 12.0. The molecule has 0 spiro atoms. The molecular weight excluding hydrogens is 414 g/mol. The highest BCUT2D eigenvalue weighted by Crippen LogP contribution is 2.13. The fraction of sp³-hybridized carbons (Fsp3) is 0.370. The number of carbonyl (C=O) groups excluding carboxylic acids is 1. The number of hydrogen-bond donors (Lipinski definition) is 2. The van der Waals surface area contributed by atoms with Crippen molar-refractivity contribution in [2.75, 3.05) is 38.5 Å². The van der Waals surface area contributed by atoms with Gasteiger partial charge in [0.25, 0.3) is 0 Å². The minimum Gasteiger partial charge on any atom is -0.354 e. The molecule has 4 nitrogen and oxygen atoms in total. The van der Waals surface area contributed by atoms with Gasteiger partial charge in [0.2, 0.25) is 5.91 Å². The highest BCUT2D eigenvalue weighted by Gasteiger charge is 2.29. The second-order valence-corrected chi connectivity index (χ2v) is 6.41. The van der Waals surface area contributed by atoms with Gasteiger partial charge in [-0.05, 0) is 96.2 Å².